The Bertz CT molecular complexity index is 2310. The molecule has 0 amide bonds. The number of nitrogens with zero attached hydrogens (tertiary/aromatic N) is 4. The molecule has 2 aromatic heterocycles. The maximum atomic E-state index is 4.80. The first-order valence-corrected chi connectivity index (χ1v) is 16.7. The Kier molecular flexibility index (Phi) is 6.77. The molecule has 0 saturated heterocycles. The van der Waals surface area contributed by atoms with Gasteiger partial charge in [-0.15, -0.1) is 0 Å². The van der Waals surface area contributed by atoms with Crippen LogP contribution in [0.25, 0.3) is 32.7 Å². The summed E-state index contributed by atoms with van der Waals surface area (Å²) in [5.74, 6) is 1.77. The van der Waals surface area contributed by atoms with E-state index in [4.69, 9.17) is 9.97 Å². The molecule has 4 nitrogen and oxygen atoms in total. The first-order valence-electron chi connectivity index (χ1n) is 16.7. The molecule has 49 heavy (non-hydrogen) atoms. The number of aromatic nitrogens is 2. The molecule has 0 spiro atoms. The third-order valence-electron chi connectivity index (χ3n) is 9.90. The standard InChI is InChI=1S/C45H34N4/c1-45(2)41-29-37(48(43-15-7-9-25-46-43)35-19-17-31-11-3-5-13-33(31)27-35)21-23-39(41)40-24-22-38(30-42(40)45)49(44-16-8-10-26-47-44)36-20-18-32-12-4-6-14-34(32)28-36/h3-30H,1-2H3. The number of fused-ring (bicyclic) bond motifs is 5. The Morgan fingerprint density at radius 2 is 0.776 bits per heavy atom. The van der Waals surface area contributed by atoms with Crippen LogP contribution in [0.5, 0.6) is 0 Å². The molecule has 0 fully saturated rings. The van der Waals surface area contributed by atoms with Gasteiger partial charge in [0.05, 0.1) is 0 Å². The average Bonchev–Trinajstić information content (AvgIpc) is 3.37. The maximum Gasteiger partial charge on any atom is 0.137 e. The number of hydrogen-bond acceptors (Lipinski definition) is 4. The van der Waals surface area contributed by atoms with Crippen LogP contribution in [0.1, 0.15) is 25.0 Å². The lowest BCUT2D eigenvalue weighted by molar-refractivity contribution is 0.660. The maximum absolute atomic E-state index is 4.80. The molecule has 2 heterocycles. The highest BCUT2D eigenvalue weighted by Gasteiger charge is 2.37. The molecule has 9 rings (SSSR count). The summed E-state index contributed by atoms with van der Waals surface area (Å²) in [5, 5.41) is 4.84. The van der Waals surface area contributed by atoms with Crippen LogP contribution in [0.2, 0.25) is 0 Å². The van der Waals surface area contributed by atoms with Crippen LogP contribution in [0.3, 0.4) is 0 Å². The molecule has 0 radical (unpaired) electrons. The van der Waals surface area contributed by atoms with Gasteiger partial charge in [-0.25, -0.2) is 9.97 Å². The summed E-state index contributed by atoms with van der Waals surface area (Å²) in [4.78, 5) is 14.1. The van der Waals surface area contributed by atoms with E-state index in [0.717, 1.165) is 34.4 Å². The van der Waals surface area contributed by atoms with Gasteiger partial charge in [0.1, 0.15) is 11.6 Å². The molecule has 0 bridgehead atoms. The lowest BCUT2D eigenvalue weighted by Crippen LogP contribution is -2.18. The van der Waals surface area contributed by atoms with Gasteiger partial charge in [0.15, 0.2) is 0 Å². The van der Waals surface area contributed by atoms with Crippen LogP contribution in [0, 0.1) is 0 Å². The molecule has 8 aromatic rings. The highest BCUT2D eigenvalue weighted by atomic mass is 15.2. The molecular formula is C45H34N4. The van der Waals surface area contributed by atoms with E-state index >= 15 is 0 Å². The summed E-state index contributed by atoms with van der Waals surface area (Å²) < 4.78 is 0. The molecule has 1 aliphatic carbocycles. The van der Waals surface area contributed by atoms with Gasteiger partial charge in [-0.1, -0.05) is 98.8 Å². The molecule has 0 atom stereocenters. The van der Waals surface area contributed by atoms with Crippen LogP contribution in [0.4, 0.5) is 34.4 Å². The second-order valence-electron chi connectivity index (χ2n) is 13.2. The zero-order valence-electron chi connectivity index (χ0n) is 27.5. The first-order chi connectivity index (χ1) is 24.0. The van der Waals surface area contributed by atoms with Crippen molar-refractivity contribution in [3.63, 3.8) is 0 Å². The molecule has 6 aromatic carbocycles. The van der Waals surface area contributed by atoms with E-state index < -0.39 is 0 Å². The van der Waals surface area contributed by atoms with E-state index in [1.807, 2.05) is 36.7 Å². The van der Waals surface area contributed by atoms with Crippen molar-refractivity contribution in [1.29, 1.82) is 0 Å². The van der Waals surface area contributed by atoms with Gasteiger partial charge >= 0.3 is 0 Å². The van der Waals surface area contributed by atoms with Gasteiger partial charge in [-0.3, -0.25) is 9.80 Å². The fraction of sp³-hybridized carbons (Fsp3) is 0.0667. The van der Waals surface area contributed by atoms with Gasteiger partial charge in [0, 0.05) is 40.6 Å². The fourth-order valence-corrected chi connectivity index (χ4v) is 7.42. The van der Waals surface area contributed by atoms with E-state index in [-0.39, 0.29) is 5.41 Å². The van der Waals surface area contributed by atoms with E-state index in [0.29, 0.717) is 0 Å². The molecule has 1 aliphatic rings. The van der Waals surface area contributed by atoms with Gasteiger partial charge in [-0.2, -0.15) is 0 Å². The monoisotopic (exact) mass is 630 g/mol. The number of pyridine rings is 2. The van der Waals surface area contributed by atoms with Crippen molar-refractivity contribution in [2.24, 2.45) is 0 Å². The zero-order valence-corrected chi connectivity index (χ0v) is 27.5. The number of hydrogen-bond donors (Lipinski definition) is 0. The summed E-state index contributed by atoms with van der Waals surface area (Å²) in [6.07, 6.45) is 3.72. The minimum Gasteiger partial charge on any atom is -0.295 e. The predicted molar refractivity (Wildman–Crippen MR) is 204 cm³/mol. The second kappa shape index (κ2) is 11.5. The van der Waals surface area contributed by atoms with Gasteiger partial charge in [0.2, 0.25) is 0 Å². The van der Waals surface area contributed by atoms with Crippen molar-refractivity contribution in [3.8, 4) is 11.1 Å². The minimum absolute atomic E-state index is 0.241. The molecule has 4 heteroatoms. The van der Waals surface area contributed by atoms with Gasteiger partial charge in [0.25, 0.3) is 0 Å². The normalized spacial score (nSPS) is 12.9. The number of anilines is 6. The third kappa shape index (κ3) is 4.92. The average molecular weight is 631 g/mol. The summed E-state index contributed by atoms with van der Waals surface area (Å²) in [6.45, 7) is 4.68. The molecule has 0 aliphatic heterocycles. The van der Waals surface area contributed by atoms with E-state index in [2.05, 4.69) is 157 Å². The van der Waals surface area contributed by atoms with Crippen LogP contribution < -0.4 is 9.80 Å². The van der Waals surface area contributed by atoms with Gasteiger partial charge < -0.3 is 0 Å². The van der Waals surface area contributed by atoms with E-state index in [1.54, 1.807) is 0 Å². The molecule has 234 valence electrons. The highest BCUT2D eigenvalue weighted by Crippen LogP contribution is 2.52. The lowest BCUT2D eigenvalue weighted by atomic mass is 9.82. The Morgan fingerprint density at radius 3 is 1.20 bits per heavy atom. The number of rotatable bonds is 6. The van der Waals surface area contributed by atoms with E-state index in [1.165, 1.54) is 43.8 Å². The first kappa shape index (κ1) is 28.9. The quantitative estimate of drug-likeness (QED) is 0.183. The van der Waals surface area contributed by atoms with E-state index in [9.17, 15) is 0 Å². The molecular weight excluding hydrogens is 597 g/mol. The summed E-state index contributed by atoms with van der Waals surface area (Å²) in [6, 6.07) is 56.2. The molecule has 0 unspecified atom stereocenters. The SMILES string of the molecule is CC1(C)c2cc(N(c3ccc4ccccc4c3)c3ccccn3)ccc2-c2ccc(N(c3ccc4ccccc4c3)c3ccccn3)cc21. The fourth-order valence-electron chi connectivity index (χ4n) is 7.42. The smallest absolute Gasteiger partial charge is 0.137 e. The van der Waals surface area contributed by atoms with Crippen LogP contribution >= 0.6 is 0 Å². The number of benzene rings is 6. The topological polar surface area (TPSA) is 32.3 Å². The van der Waals surface area contributed by atoms with Crippen molar-refractivity contribution < 1.29 is 0 Å². The highest BCUT2D eigenvalue weighted by molar-refractivity contribution is 5.92. The van der Waals surface area contributed by atoms with Crippen molar-refractivity contribution in [3.05, 3.63) is 181 Å². The van der Waals surface area contributed by atoms with Crippen LogP contribution in [-0.4, -0.2) is 9.97 Å². The van der Waals surface area contributed by atoms with Crippen molar-refractivity contribution >= 4 is 55.9 Å². The summed E-state index contributed by atoms with van der Waals surface area (Å²) in [5.41, 5.74) is 9.22. The predicted octanol–water partition coefficient (Wildman–Crippen LogP) is 12.0. The van der Waals surface area contributed by atoms with Crippen LogP contribution in [-0.2, 0) is 5.41 Å². The summed E-state index contributed by atoms with van der Waals surface area (Å²) in [7, 11) is 0. The molecule has 0 N–H and O–H groups in total. The van der Waals surface area contributed by atoms with Crippen LogP contribution in [0.15, 0.2) is 170 Å². The van der Waals surface area contributed by atoms with Gasteiger partial charge in [-0.05, 0) is 117 Å². The Balaban J connectivity index is 1.16. The Labute approximate surface area is 286 Å². The largest absolute Gasteiger partial charge is 0.295 e. The lowest BCUT2D eigenvalue weighted by Gasteiger charge is -2.28. The van der Waals surface area contributed by atoms with Crippen molar-refractivity contribution in [2.75, 3.05) is 9.80 Å². The summed E-state index contributed by atoms with van der Waals surface area (Å²) >= 11 is 0. The van der Waals surface area contributed by atoms with Crippen molar-refractivity contribution in [2.45, 2.75) is 19.3 Å². The minimum atomic E-state index is -0.241. The zero-order chi connectivity index (χ0) is 33.0. The Morgan fingerprint density at radius 1 is 0.388 bits per heavy atom. The van der Waals surface area contributed by atoms with Crippen molar-refractivity contribution in [1.82, 2.24) is 9.97 Å². The third-order valence-corrected chi connectivity index (χ3v) is 9.90. The second-order valence-corrected chi connectivity index (χ2v) is 13.2. The Hall–Kier alpha value is -6.26. The molecule has 0 saturated carbocycles.